The predicted octanol–water partition coefficient (Wildman–Crippen LogP) is 2.82. The van der Waals surface area contributed by atoms with Crippen molar-refractivity contribution >= 4 is 26.5 Å². The van der Waals surface area contributed by atoms with Gasteiger partial charge in [0.1, 0.15) is 0 Å². The van der Waals surface area contributed by atoms with E-state index in [1.54, 1.807) is 19.1 Å². The lowest BCUT2D eigenvalue weighted by Crippen LogP contribution is -2.32. The largest absolute Gasteiger partial charge is 0.277 e. The molecule has 0 aliphatic heterocycles. The van der Waals surface area contributed by atoms with E-state index in [9.17, 15) is 18.5 Å². The summed E-state index contributed by atoms with van der Waals surface area (Å²) in [5, 5.41) is 11.7. The minimum absolute atomic E-state index is 0.0593. The Bertz CT molecular complexity index is 787. The number of nitro groups is 1. The lowest BCUT2D eigenvalue weighted by molar-refractivity contribution is -0.383. The molecule has 0 aliphatic carbocycles. The molecule has 1 atom stereocenters. The van der Waals surface area contributed by atoms with Crippen molar-refractivity contribution in [3.63, 3.8) is 0 Å². The molecule has 2 aromatic rings. The van der Waals surface area contributed by atoms with Crippen molar-refractivity contribution in [1.29, 1.82) is 0 Å². The van der Waals surface area contributed by atoms with Gasteiger partial charge in [0.15, 0.2) is 0 Å². The molecule has 2 rings (SSSR count). The average molecular weight is 308 g/mol. The fraction of sp³-hybridized carbons (Fsp3) is 0.286. The van der Waals surface area contributed by atoms with E-state index in [0.29, 0.717) is 17.2 Å². The molecule has 2 aromatic carbocycles. The van der Waals surface area contributed by atoms with Crippen molar-refractivity contribution in [3.8, 4) is 0 Å². The Labute approximate surface area is 123 Å². The average Bonchev–Trinajstić information content (AvgIpc) is 2.45. The van der Waals surface area contributed by atoms with Gasteiger partial charge in [0.25, 0.3) is 5.69 Å². The molecule has 7 heteroatoms. The topological polar surface area (TPSA) is 89.3 Å². The molecule has 0 aromatic heterocycles. The van der Waals surface area contributed by atoms with Crippen LogP contribution in [0.4, 0.5) is 5.69 Å². The Morgan fingerprint density at radius 1 is 1.19 bits per heavy atom. The van der Waals surface area contributed by atoms with Crippen molar-refractivity contribution in [1.82, 2.24) is 4.72 Å². The zero-order chi connectivity index (χ0) is 15.6. The van der Waals surface area contributed by atoms with Crippen LogP contribution >= 0.6 is 0 Å². The van der Waals surface area contributed by atoms with Crippen LogP contribution in [0.5, 0.6) is 0 Å². The lowest BCUT2D eigenvalue weighted by atomic mass is 10.1. The van der Waals surface area contributed by atoms with Gasteiger partial charge in [-0.1, -0.05) is 25.1 Å². The van der Waals surface area contributed by atoms with Gasteiger partial charge in [-0.2, -0.15) is 0 Å². The minimum atomic E-state index is -3.71. The maximum atomic E-state index is 12.4. The number of sulfonamides is 1. The van der Waals surface area contributed by atoms with Crippen LogP contribution in [0.15, 0.2) is 41.3 Å². The van der Waals surface area contributed by atoms with Crippen LogP contribution in [0.2, 0.25) is 0 Å². The second kappa shape index (κ2) is 5.79. The number of nitrogens with one attached hydrogen (secondary N) is 1. The van der Waals surface area contributed by atoms with Crippen molar-refractivity contribution in [2.24, 2.45) is 0 Å². The second-order valence-corrected chi connectivity index (χ2v) is 6.50. The van der Waals surface area contributed by atoms with Crippen molar-refractivity contribution in [3.05, 3.63) is 46.5 Å². The van der Waals surface area contributed by atoms with Crippen LogP contribution in [0.1, 0.15) is 20.3 Å². The molecular weight excluding hydrogens is 292 g/mol. The SMILES string of the molecule is CCC(C)NS(=O)(=O)c1cccc2c([N+](=O)[O-])cccc12. The quantitative estimate of drug-likeness (QED) is 0.679. The van der Waals surface area contributed by atoms with Crippen LogP contribution in [-0.4, -0.2) is 19.4 Å². The Morgan fingerprint density at radius 3 is 2.43 bits per heavy atom. The molecule has 0 spiro atoms. The third-order valence-corrected chi connectivity index (χ3v) is 4.96. The van der Waals surface area contributed by atoms with E-state index in [1.165, 1.54) is 24.3 Å². The van der Waals surface area contributed by atoms with Gasteiger partial charge >= 0.3 is 0 Å². The molecule has 0 radical (unpaired) electrons. The molecule has 0 saturated heterocycles. The van der Waals surface area contributed by atoms with Crippen molar-refractivity contribution in [2.75, 3.05) is 0 Å². The standard InChI is InChI=1S/C14H16N2O4S/c1-3-10(2)15-21(19,20)14-9-5-6-11-12(14)7-4-8-13(11)16(17)18/h4-10,15H,3H2,1-2H3. The number of nitrogens with zero attached hydrogens (tertiary/aromatic N) is 1. The highest BCUT2D eigenvalue weighted by atomic mass is 32.2. The summed E-state index contributed by atoms with van der Waals surface area (Å²) in [5.74, 6) is 0. The number of nitro benzene ring substituents is 1. The molecular formula is C14H16N2O4S. The van der Waals surface area contributed by atoms with E-state index < -0.39 is 14.9 Å². The van der Waals surface area contributed by atoms with E-state index in [-0.39, 0.29) is 16.6 Å². The predicted molar refractivity (Wildman–Crippen MR) is 80.7 cm³/mol. The molecule has 21 heavy (non-hydrogen) atoms. The summed E-state index contributed by atoms with van der Waals surface area (Å²) in [4.78, 5) is 10.6. The fourth-order valence-electron chi connectivity index (χ4n) is 2.07. The Balaban J connectivity index is 2.66. The molecule has 0 bridgehead atoms. The number of hydrogen-bond acceptors (Lipinski definition) is 4. The highest BCUT2D eigenvalue weighted by Crippen LogP contribution is 2.30. The van der Waals surface area contributed by atoms with Gasteiger partial charge in [-0.25, -0.2) is 13.1 Å². The third-order valence-electron chi connectivity index (χ3n) is 3.31. The zero-order valence-electron chi connectivity index (χ0n) is 11.7. The van der Waals surface area contributed by atoms with Gasteiger partial charge in [0, 0.05) is 17.5 Å². The molecule has 0 amide bonds. The van der Waals surface area contributed by atoms with E-state index >= 15 is 0 Å². The first-order valence-electron chi connectivity index (χ1n) is 6.55. The van der Waals surface area contributed by atoms with Gasteiger partial charge < -0.3 is 0 Å². The summed E-state index contributed by atoms with van der Waals surface area (Å²) < 4.78 is 27.4. The Morgan fingerprint density at radius 2 is 1.81 bits per heavy atom. The highest BCUT2D eigenvalue weighted by Gasteiger charge is 2.21. The normalized spacial score (nSPS) is 13.2. The first kappa shape index (κ1) is 15.4. The maximum Gasteiger partial charge on any atom is 0.277 e. The maximum absolute atomic E-state index is 12.4. The summed E-state index contributed by atoms with van der Waals surface area (Å²) in [7, 11) is -3.71. The smallest absolute Gasteiger partial charge is 0.258 e. The molecule has 0 fully saturated rings. The van der Waals surface area contributed by atoms with Gasteiger partial charge in [-0.3, -0.25) is 10.1 Å². The molecule has 1 unspecified atom stereocenters. The van der Waals surface area contributed by atoms with Gasteiger partial charge in [0.05, 0.1) is 15.2 Å². The summed E-state index contributed by atoms with van der Waals surface area (Å²) >= 11 is 0. The Kier molecular flexibility index (Phi) is 4.24. The van der Waals surface area contributed by atoms with Crippen LogP contribution in [0, 0.1) is 10.1 Å². The van der Waals surface area contributed by atoms with Crippen LogP contribution in [0.3, 0.4) is 0 Å². The van der Waals surface area contributed by atoms with E-state index in [2.05, 4.69) is 4.72 Å². The Hall–Kier alpha value is -1.99. The molecule has 0 heterocycles. The zero-order valence-corrected chi connectivity index (χ0v) is 12.6. The van der Waals surface area contributed by atoms with E-state index in [1.807, 2.05) is 6.92 Å². The lowest BCUT2D eigenvalue weighted by Gasteiger charge is -2.13. The van der Waals surface area contributed by atoms with Crippen LogP contribution in [-0.2, 0) is 10.0 Å². The fourth-order valence-corrected chi connectivity index (χ4v) is 3.62. The summed E-state index contributed by atoms with van der Waals surface area (Å²) in [6, 6.07) is 8.74. The second-order valence-electron chi connectivity index (χ2n) is 4.82. The molecule has 0 saturated carbocycles. The van der Waals surface area contributed by atoms with Crippen molar-refractivity contribution < 1.29 is 13.3 Å². The molecule has 6 nitrogen and oxygen atoms in total. The summed E-state index contributed by atoms with van der Waals surface area (Å²) in [6.07, 6.45) is 0.657. The van der Waals surface area contributed by atoms with Crippen LogP contribution in [0.25, 0.3) is 10.8 Å². The molecule has 0 aliphatic rings. The monoisotopic (exact) mass is 308 g/mol. The van der Waals surface area contributed by atoms with E-state index in [0.717, 1.165) is 0 Å². The van der Waals surface area contributed by atoms with Crippen molar-refractivity contribution in [2.45, 2.75) is 31.2 Å². The number of hydrogen-bond donors (Lipinski definition) is 1. The molecule has 1 N–H and O–H groups in total. The number of fused-ring (bicyclic) bond motifs is 1. The number of rotatable bonds is 5. The first-order valence-corrected chi connectivity index (χ1v) is 8.03. The van der Waals surface area contributed by atoms with Gasteiger partial charge in [-0.15, -0.1) is 0 Å². The first-order chi connectivity index (χ1) is 9.86. The van der Waals surface area contributed by atoms with Crippen LogP contribution < -0.4 is 4.72 Å². The summed E-state index contributed by atoms with van der Waals surface area (Å²) in [6.45, 7) is 3.65. The minimum Gasteiger partial charge on any atom is -0.258 e. The number of benzene rings is 2. The number of non-ortho nitro benzene ring substituents is 1. The summed E-state index contributed by atoms with van der Waals surface area (Å²) in [5.41, 5.74) is -0.104. The molecule has 112 valence electrons. The highest BCUT2D eigenvalue weighted by molar-refractivity contribution is 7.89. The van der Waals surface area contributed by atoms with Gasteiger partial charge in [0.2, 0.25) is 10.0 Å². The third kappa shape index (κ3) is 3.03. The van der Waals surface area contributed by atoms with E-state index in [4.69, 9.17) is 0 Å². The van der Waals surface area contributed by atoms with Gasteiger partial charge in [-0.05, 0) is 25.5 Å².